The average Bonchev–Trinajstić information content (AvgIpc) is 3.61. The Morgan fingerprint density at radius 3 is 1.57 bits per heavy atom. The topological polar surface area (TPSA) is 191 Å². The van der Waals surface area contributed by atoms with Crippen molar-refractivity contribution in [3.8, 4) is 0 Å². The molecule has 1 aromatic carbocycles. The van der Waals surface area contributed by atoms with Gasteiger partial charge in [-0.05, 0) is 46.5 Å². The maximum atomic E-state index is 12.6. The van der Waals surface area contributed by atoms with Crippen LogP contribution in [0.2, 0.25) is 5.32 Å². The largest absolute Gasteiger partial charge is 0.373 e. The molecule has 2 saturated heterocycles. The van der Waals surface area contributed by atoms with Crippen LogP contribution in [0.15, 0.2) is 24.3 Å². The van der Waals surface area contributed by atoms with Crippen molar-refractivity contribution in [1.82, 2.24) is 9.80 Å². The molecule has 2 fully saturated rings. The molecular weight excluding hydrogens is 705 g/mol. The zero-order valence-corrected chi connectivity index (χ0v) is 31.7. The summed E-state index contributed by atoms with van der Waals surface area (Å²) in [5.41, 5.74) is -0.756. The number of aliphatic hydroxyl groups is 1. The fourth-order valence-corrected chi connectivity index (χ4v) is 7.96. The van der Waals surface area contributed by atoms with Crippen LogP contribution in [0.25, 0.3) is 0 Å². The van der Waals surface area contributed by atoms with Crippen LogP contribution in [-0.4, -0.2) is 101 Å². The molecule has 0 bridgehead atoms. The third kappa shape index (κ3) is 17.1. The Kier molecular flexibility index (Phi) is 21.2. The molecule has 2 heterocycles. The second-order valence-corrected chi connectivity index (χ2v) is 15.8. The van der Waals surface area contributed by atoms with E-state index in [1.807, 2.05) is 63.5 Å². The van der Waals surface area contributed by atoms with E-state index in [0.29, 0.717) is 6.42 Å². The van der Waals surface area contributed by atoms with Crippen LogP contribution in [-0.2, 0) is 28.7 Å². The molecule has 2 aliphatic heterocycles. The zero-order valence-electron chi connectivity index (χ0n) is 30.0. The third-order valence-corrected chi connectivity index (χ3v) is 9.92. The number of para-hydroxylation sites is 1. The molecule has 14 nitrogen and oxygen atoms in total. The minimum Gasteiger partial charge on any atom is -0.186 e. The quantitative estimate of drug-likeness (QED) is 0.196. The Labute approximate surface area is 295 Å². The van der Waals surface area contributed by atoms with Gasteiger partial charge >= 0.3 is 180 Å². The van der Waals surface area contributed by atoms with Crippen molar-refractivity contribution in [3.63, 3.8) is 0 Å². The molecule has 0 aliphatic carbocycles. The van der Waals surface area contributed by atoms with E-state index in [2.05, 4.69) is 13.8 Å². The first-order valence-corrected chi connectivity index (χ1v) is 18.5. The summed E-state index contributed by atoms with van der Waals surface area (Å²) in [6.45, 7) is 15.6. The minimum absolute atomic E-state index is 0.0214. The number of aliphatic hydroxyl groups excluding tert-OH is 1. The van der Waals surface area contributed by atoms with Crippen molar-refractivity contribution in [2.45, 2.75) is 147 Å². The minimum atomic E-state index is -0.503. The fraction of sp³-hybridized carbons (Fsp3) is 0.706. The Morgan fingerprint density at radius 1 is 0.816 bits per heavy atom. The van der Waals surface area contributed by atoms with Gasteiger partial charge < -0.3 is 14.7 Å². The zero-order chi connectivity index (χ0) is 37.8. The number of likely N-dealkylation sites (tertiary alicyclic amines) is 2. The van der Waals surface area contributed by atoms with Crippen LogP contribution < -0.4 is 4.46 Å². The molecule has 0 radical (unpaired) electrons. The van der Waals surface area contributed by atoms with E-state index in [4.69, 9.17) is 33.8 Å². The summed E-state index contributed by atoms with van der Waals surface area (Å²) in [6, 6.07) is 7.75. The van der Waals surface area contributed by atoms with E-state index in [-0.39, 0.29) is 80.8 Å². The van der Waals surface area contributed by atoms with Gasteiger partial charge in [0.05, 0.1) is 0 Å². The summed E-state index contributed by atoms with van der Waals surface area (Å²) in [6.07, 6.45) is 7.37. The first kappa shape index (κ1) is 45.4. The van der Waals surface area contributed by atoms with Crippen molar-refractivity contribution in [1.29, 1.82) is 0 Å². The SMILES string of the molecule is CC[C@@H]1CCC(CCO)N1C(=O)OC(C)(C)C.CC[C@@H]1CCC(CC[Se]c2ccccc2[N+](=O)[O-])N1C(=O)OC(C)(C)C.O=C=O.O=C=O. The van der Waals surface area contributed by atoms with Crippen molar-refractivity contribution in [2.24, 2.45) is 0 Å². The van der Waals surface area contributed by atoms with Crippen molar-refractivity contribution in [2.75, 3.05) is 6.61 Å². The van der Waals surface area contributed by atoms with Crippen LogP contribution >= 0.6 is 0 Å². The molecule has 2 aliphatic rings. The van der Waals surface area contributed by atoms with Gasteiger partial charge in [0.2, 0.25) is 0 Å². The predicted molar refractivity (Wildman–Crippen MR) is 180 cm³/mol. The number of nitro benzene ring substituents is 1. The molecule has 3 rings (SSSR count). The fourth-order valence-electron chi connectivity index (χ4n) is 5.70. The molecule has 1 aromatic rings. The Morgan fingerprint density at radius 2 is 1.20 bits per heavy atom. The van der Waals surface area contributed by atoms with E-state index >= 15 is 0 Å². The Balaban J connectivity index is 0.000000860. The number of amides is 2. The van der Waals surface area contributed by atoms with Crippen molar-refractivity contribution >= 4 is 49.6 Å². The molecule has 0 spiro atoms. The molecular formula is C34H53N3O11Se. The van der Waals surface area contributed by atoms with E-state index in [9.17, 15) is 19.7 Å². The molecule has 2 amide bonds. The third-order valence-electron chi connectivity index (χ3n) is 7.62. The number of carbonyl (C=O) groups is 2. The molecule has 1 N–H and O–H groups in total. The molecule has 276 valence electrons. The van der Waals surface area contributed by atoms with Gasteiger partial charge in [0.1, 0.15) is 5.60 Å². The molecule has 0 saturated carbocycles. The smallest absolute Gasteiger partial charge is 0.186 e. The van der Waals surface area contributed by atoms with Crippen LogP contribution in [0.3, 0.4) is 0 Å². The van der Waals surface area contributed by atoms with Crippen molar-refractivity contribution < 1.29 is 48.3 Å². The van der Waals surface area contributed by atoms with E-state index < -0.39 is 11.2 Å². The van der Waals surface area contributed by atoms with Crippen LogP contribution in [0.5, 0.6) is 0 Å². The second kappa shape index (κ2) is 22.9. The van der Waals surface area contributed by atoms with Gasteiger partial charge in [-0.25, -0.2) is 4.79 Å². The van der Waals surface area contributed by atoms with Gasteiger partial charge in [-0.15, -0.1) is 0 Å². The summed E-state index contributed by atoms with van der Waals surface area (Å²) in [5.74, 6) is 0. The average molecular weight is 759 g/mol. The monoisotopic (exact) mass is 759 g/mol. The predicted octanol–water partition coefficient (Wildman–Crippen LogP) is 5.29. The van der Waals surface area contributed by atoms with Crippen LogP contribution in [0.1, 0.15) is 107 Å². The Bertz CT molecular complexity index is 1220. The Hall–Kier alpha value is -3.60. The number of carbonyl (C=O) groups excluding carboxylic acids is 6. The molecule has 49 heavy (non-hydrogen) atoms. The molecule has 4 atom stereocenters. The number of nitrogens with zero attached hydrogens (tertiary/aromatic N) is 3. The van der Waals surface area contributed by atoms with E-state index in [1.165, 1.54) is 0 Å². The standard InChI is InChI=1S/C19H28N2O4Se.C13H25NO3.2CO2/c1-5-14-10-11-15(20(14)18(22)25-19(2,3)4)12-13-26-17-9-7-6-8-16(17)21(23)24;1-5-10-6-7-11(8-9-15)14(10)12(16)17-13(2,3)4;2*2-1-3/h6-9,14-15H,5,10-13H2,1-4H3;10-11,15H,5-9H2,1-4H3;;/t14-,15?;10-,11?;;/m11../s1. The van der Waals surface area contributed by atoms with Gasteiger partial charge in [-0.2, -0.15) is 19.2 Å². The summed E-state index contributed by atoms with van der Waals surface area (Å²) >= 11 is 0.0214. The first-order chi connectivity index (χ1) is 22.9. The van der Waals surface area contributed by atoms with Gasteiger partial charge in [-0.3, -0.25) is 0 Å². The van der Waals surface area contributed by atoms with Crippen LogP contribution in [0, 0.1) is 10.1 Å². The molecule has 2 unspecified atom stereocenters. The van der Waals surface area contributed by atoms with E-state index in [0.717, 1.165) is 54.7 Å². The number of rotatable bonds is 9. The number of ether oxygens (including phenoxy) is 2. The maximum Gasteiger partial charge on any atom is 0.373 e. The maximum absolute atomic E-state index is 12.6. The van der Waals surface area contributed by atoms with E-state index in [1.54, 1.807) is 12.1 Å². The second-order valence-electron chi connectivity index (χ2n) is 13.4. The van der Waals surface area contributed by atoms with Gasteiger partial charge in [0, 0.05) is 18.7 Å². The molecule has 15 heteroatoms. The number of hydrogen-bond donors (Lipinski definition) is 1. The van der Waals surface area contributed by atoms with Gasteiger partial charge in [-0.1, -0.05) is 6.92 Å². The van der Waals surface area contributed by atoms with Crippen molar-refractivity contribution in [3.05, 3.63) is 34.4 Å². The summed E-state index contributed by atoms with van der Waals surface area (Å²) in [7, 11) is 0. The van der Waals surface area contributed by atoms with Crippen LogP contribution in [0.4, 0.5) is 15.3 Å². The summed E-state index contributed by atoms with van der Waals surface area (Å²) in [4.78, 5) is 71.9. The summed E-state index contributed by atoms with van der Waals surface area (Å²) < 4.78 is 11.9. The summed E-state index contributed by atoms with van der Waals surface area (Å²) in [5, 5.41) is 21.1. The molecule has 0 aromatic heterocycles. The number of benzene rings is 1. The van der Waals surface area contributed by atoms with Gasteiger partial charge in [0.25, 0.3) is 0 Å². The normalized spacial score (nSPS) is 19.8. The number of hydrogen-bond acceptors (Lipinski definition) is 11. The van der Waals surface area contributed by atoms with Gasteiger partial charge in [0.15, 0.2) is 0 Å². The number of nitro groups is 1. The first-order valence-electron chi connectivity index (χ1n) is 16.4.